The molecule has 6 nitrogen and oxygen atoms in total. The zero-order chi connectivity index (χ0) is 40.8. The number of carbonyl (C=O) groups excluding carboxylic acids is 3. The van der Waals surface area contributed by atoms with Gasteiger partial charge in [0, 0.05) is 19.3 Å². The first kappa shape index (κ1) is 53.6. The van der Waals surface area contributed by atoms with Crippen molar-refractivity contribution in [1.29, 1.82) is 0 Å². The number of esters is 3. The second kappa shape index (κ2) is 45.3. The van der Waals surface area contributed by atoms with Crippen molar-refractivity contribution >= 4 is 17.9 Å². The lowest BCUT2D eigenvalue weighted by molar-refractivity contribution is -0.167. The van der Waals surface area contributed by atoms with E-state index in [0.717, 1.165) is 96.3 Å². The Balaban J connectivity index is 4.37. The molecule has 0 spiro atoms. The zero-order valence-corrected chi connectivity index (χ0v) is 37.2. The highest BCUT2D eigenvalue weighted by molar-refractivity contribution is 5.71. The minimum absolute atomic E-state index is 0.0740. The summed E-state index contributed by atoms with van der Waals surface area (Å²) in [5.74, 6) is -0.886. The third kappa shape index (κ3) is 42.8. The summed E-state index contributed by atoms with van der Waals surface area (Å²) in [7, 11) is 0. The van der Waals surface area contributed by atoms with Crippen molar-refractivity contribution in [1.82, 2.24) is 0 Å². The van der Waals surface area contributed by atoms with Crippen molar-refractivity contribution in [3.05, 3.63) is 36.5 Å². The lowest BCUT2D eigenvalue weighted by Gasteiger charge is -2.18. The molecular formula is C50H90O6. The van der Waals surface area contributed by atoms with Crippen molar-refractivity contribution < 1.29 is 28.6 Å². The van der Waals surface area contributed by atoms with Gasteiger partial charge in [-0.05, 0) is 51.4 Å². The molecule has 0 radical (unpaired) electrons. The van der Waals surface area contributed by atoms with Gasteiger partial charge in [-0.2, -0.15) is 0 Å². The van der Waals surface area contributed by atoms with Crippen molar-refractivity contribution in [3.8, 4) is 0 Å². The lowest BCUT2D eigenvalue weighted by Crippen LogP contribution is -2.30. The van der Waals surface area contributed by atoms with E-state index >= 15 is 0 Å². The summed E-state index contributed by atoms with van der Waals surface area (Å²) in [5.41, 5.74) is 0. The van der Waals surface area contributed by atoms with E-state index in [1.807, 2.05) is 0 Å². The fourth-order valence-electron chi connectivity index (χ4n) is 6.81. The molecule has 0 amide bonds. The van der Waals surface area contributed by atoms with Gasteiger partial charge in [0.05, 0.1) is 0 Å². The van der Waals surface area contributed by atoms with Gasteiger partial charge in [-0.25, -0.2) is 0 Å². The second-order valence-corrected chi connectivity index (χ2v) is 16.0. The molecule has 0 aliphatic carbocycles. The number of allylic oxidation sites excluding steroid dienone is 6. The fourth-order valence-corrected chi connectivity index (χ4v) is 6.81. The van der Waals surface area contributed by atoms with E-state index in [-0.39, 0.29) is 31.1 Å². The Kier molecular flexibility index (Phi) is 43.4. The van der Waals surface area contributed by atoms with E-state index in [0.29, 0.717) is 19.3 Å². The number of hydrogen-bond acceptors (Lipinski definition) is 6. The summed E-state index contributed by atoms with van der Waals surface area (Å²) in [5, 5.41) is 0. The topological polar surface area (TPSA) is 78.9 Å². The largest absolute Gasteiger partial charge is 0.462 e. The zero-order valence-electron chi connectivity index (χ0n) is 37.2. The molecule has 0 N–H and O–H groups in total. The van der Waals surface area contributed by atoms with Crippen molar-refractivity contribution in [3.63, 3.8) is 0 Å². The first-order chi connectivity index (χ1) is 27.5. The van der Waals surface area contributed by atoms with Crippen LogP contribution >= 0.6 is 0 Å². The van der Waals surface area contributed by atoms with Crippen molar-refractivity contribution in [2.75, 3.05) is 13.2 Å². The van der Waals surface area contributed by atoms with E-state index in [2.05, 4.69) is 57.2 Å². The Morgan fingerprint density at radius 2 is 0.696 bits per heavy atom. The molecule has 0 saturated carbocycles. The highest BCUT2D eigenvalue weighted by Gasteiger charge is 2.19. The molecular weight excluding hydrogens is 697 g/mol. The van der Waals surface area contributed by atoms with Crippen LogP contribution in [0.1, 0.15) is 245 Å². The average Bonchev–Trinajstić information content (AvgIpc) is 3.19. The third-order valence-corrected chi connectivity index (χ3v) is 10.4. The second-order valence-electron chi connectivity index (χ2n) is 16.0. The van der Waals surface area contributed by atoms with E-state index in [1.54, 1.807) is 0 Å². The molecule has 56 heavy (non-hydrogen) atoms. The Morgan fingerprint density at radius 3 is 1.09 bits per heavy atom. The minimum atomic E-state index is -0.772. The molecule has 0 aromatic heterocycles. The Bertz CT molecular complexity index is 953. The van der Waals surface area contributed by atoms with Gasteiger partial charge < -0.3 is 14.2 Å². The van der Waals surface area contributed by atoms with E-state index in [4.69, 9.17) is 14.2 Å². The van der Waals surface area contributed by atoms with Crippen LogP contribution in [-0.2, 0) is 28.6 Å². The first-order valence-electron chi connectivity index (χ1n) is 24.0. The molecule has 0 aliphatic heterocycles. The molecule has 0 fully saturated rings. The predicted octanol–water partition coefficient (Wildman–Crippen LogP) is 15.4. The summed E-state index contributed by atoms with van der Waals surface area (Å²) >= 11 is 0. The smallest absolute Gasteiger partial charge is 0.306 e. The molecule has 0 aliphatic rings. The SMILES string of the molecule is CC/C=C\C/C=C\C/C=C\CCCCCCCC(=O)OC[C@H](COC(=O)CCCCCCCCCCCCC)OC(=O)CCCCCCCCCCCCCC. The standard InChI is InChI=1S/C50H90O6/c1-4-7-10-13-16-19-22-24-25-26-29-31-34-37-40-43-49(52)55-46-47(45-54-48(51)42-39-36-33-30-27-21-18-15-12-9-6-3)56-50(53)44-41-38-35-32-28-23-20-17-14-11-8-5-2/h7,10,16,19,24-25,47H,4-6,8-9,11-15,17-18,20-23,26-46H2,1-3H3/b10-7-,19-16-,25-24-/t47-/m0/s1. The first-order valence-corrected chi connectivity index (χ1v) is 24.0. The van der Waals surface area contributed by atoms with Crippen LogP contribution in [0, 0.1) is 0 Å². The van der Waals surface area contributed by atoms with Crippen LogP contribution in [0.15, 0.2) is 36.5 Å². The monoisotopic (exact) mass is 787 g/mol. The molecule has 326 valence electrons. The van der Waals surface area contributed by atoms with E-state index in [1.165, 1.54) is 109 Å². The van der Waals surface area contributed by atoms with E-state index in [9.17, 15) is 14.4 Å². The normalized spacial score (nSPS) is 12.3. The average molecular weight is 787 g/mol. The Morgan fingerprint density at radius 1 is 0.375 bits per heavy atom. The quantitative estimate of drug-likeness (QED) is 0.0265. The summed E-state index contributed by atoms with van der Waals surface area (Å²) in [6.07, 6.45) is 51.2. The van der Waals surface area contributed by atoms with Crippen LogP contribution in [0.3, 0.4) is 0 Å². The molecule has 0 heterocycles. The molecule has 0 bridgehead atoms. The van der Waals surface area contributed by atoms with Gasteiger partial charge in [0.15, 0.2) is 6.10 Å². The maximum absolute atomic E-state index is 12.7. The summed E-state index contributed by atoms with van der Waals surface area (Å²) in [6.45, 7) is 6.51. The van der Waals surface area contributed by atoms with Crippen LogP contribution < -0.4 is 0 Å². The predicted molar refractivity (Wildman–Crippen MR) is 238 cm³/mol. The summed E-state index contributed by atoms with van der Waals surface area (Å²) in [4.78, 5) is 37.8. The maximum Gasteiger partial charge on any atom is 0.306 e. The third-order valence-electron chi connectivity index (χ3n) is 10.4. The van der Waals surface area contributed by atoms with Crippen LogP contribution in [0.4, 0.5) is 0 Å². The number of unbranched alkanes of at least 4 members (excludes halogenated alkanes) is 26. The van der Waals surface area contributed by atoms with Gasteiger partial charge in [0.25, 0.3) is 0 Å². The van der Waals surface area contributed by atoms with Gasteiger partial charge in [-0.15, -0.1) is 0 Å². The maximum atomic E-state index is 12.7. The number of rotatable bonds is 43. The molecule has 0 aromatic rings. The highest BCUT2D eigenvalue weighted by Crippen LogP contribution is 2.15. The van der Waals surface area contributed by atoms with Crippen LogP contribution in [0.2, 0.25) is 0 Å². The van der Waals surface area contributed by atoms with Gasteiger partial charge in [-0.1, -0.05) is 211 Å². The highest BCUT2D eigenvalue weighted by atomic mass is 16.6. The van der Waals surface area contributed by atoms with Crippen molar-refractivity contribution in [2.24, 2.45) is 0 Å². The molecule has 0 saturated heterocycles. The van der Waals surface area contributed by atoms with Crippen LogP contribution in [-0.4, -0.2) is 37.2 Å². The fraction of sp³-hybridized carbons (Fsp3) is 0.820. The van der Waals surface area contributed by atoms with Gasteiger partial charge in [-0.3, -0.25) is 14.4 Å². The molecule has 1 atom stereocenters. The van der Waals surface area contributed by atoms with Gasteiger partial charge in [0.2, 0.25) is 0 Å². The number of carbonyl (C=O) groups is 3. The van der Waals surface area contributed by atoms with Crippen LogP contribution in [0.5, 0.6) is 0 Å². The minimum Gasteiger partial charge on any atom is -0.462 e. The molecule has 0 aromatic carbocycles. The number of ether oxygens (including phenoxy) is 3. The molecule has 6 heteroatoms. The summed E-state index contributed by atoms with van der Waals surface area (Å²) in [6, 6.07) is 0. The van der Waals surface area contributed by atoms with Crippen molar-refractivity contribution in [2.45, 2.75) is 252 Å². The van der Waals surface area contributed by atoms with Crippen LogP contribution in [0.25, 0.3) is 0 Å². The summed E-state index contributed by atoms with van der Waals surface area (Å²) < 4.78 is 16.7. The van der Waals surface area contributed by atoms with Gasteiger partial charge in [0.1, 0.15) is 13.2 Å². The molecule has 0 rings (SSSR count). The van der Waals surface area contributed by atoms with Gasteiger partial charge >= 0.3 is 17.9 Å². The number of hydrogen-bond donors (Lipinski definition) is 0. The Hall–Kier alpha value is -2.37. The molecule has 0 unspecified atom stereocenters. The van der Waals surface area contributed by atoms with E-state index < -0.39 is 6.10 Å². The lowest BCUT2D eigenvalue weighted by atomic mass is 10.0. The Labute approximate surface area is 346 Å².